The molecule has 1 saturated carbocycles. The van der Waals surface area contributed by atoms with E-state index in [1.807, 2.05) is 0 Å². The number of carbonyl (C=O) groups is 1. The van der Waals surface area contributed by atoms with Crippen LogP contribution < -0.4 is 4.74 Å². The van der Waals surface area contributed by atoms with Crippen LogP contribution in [-0.2, 0) is 4.79 Å². The number of hydrogen-bond acceptors (Lipinski definition) is 2. The van der Waals surface area contributed by atoms with Crippen molar-refractivity contribution in [2.75, 3.05) is 0 Å². The summed E-state index contributed by atoms with van der Waals surface area (Å²) >= 11 is 0. The molecule has 0 spiro atoms. The summed E-state index contributed by atoms with van der Waals surface area (Å²) in [6.45, 7) is 4.30. The molecule has 0 atom stereocenters. The molecule has 8 heteroatoms. The zero-order valence-electron chi connectivity index (χ0n) is 18.2. The molecule has 0 amide bonds. The van der Waals surface area contributed by atoms with Crippen LogP contribution in [-0.4, -0.2) is 12.1 Å². The van der Waals surface area contributed by atoms with Crippen molar-refractivity contribution < 1.29 is 35.9 Å². The Hall–Kier alpha value is -2.77. The number of alkyl halides is 3. The molecule has 2 aromatic rings. The molecule has 2 aromatic carbocycles. The van der Waals surface area contributed by atoms with Crippen molar-refractivity contribution in [3.8, 4) is 16.9 Å². The van der Waals surface area contributed by atoms with Crippen LogP contribution in [0.3, 0.4) is 0 Å². The summed E-state index contributed by atoms with van der Waals surface area (Å²) in [7, 11) is 0. The molecule has 0 heterocycles. The van der Waals surface area contributed by atoms with Crippen molar-refractivity contribution in [1.29, 1.82) is 0 Å². The lowest BCUT2D eigenvalue weighted by atomic mass is 9.77. The zero-order chi connectivity index (χ0) is 24.3. The molecule has 0 aliphatic heterocycles. The van der Waals surface area contributed by atoms with Gasteiger partial charge in [0.1, 0.15) is 23.2 Å². The van der Waals surface area contributed by atoms with E-state index in [0.29, 0.717) is 24.7 Å². The minimum atomic E-state index is -4.73. The molecule has 1 aliphatic rings. The quantitative estimate of drug-likeness (QED) is 0.254. The highest BCUT2D eigenvalue weighted by molar-refractivity contribution is 5.76. The lowest BCUT2D eigenvalue weighted by Gasteiger charge is -2.29. The summed E-state index contributed by atoms with van der Waals surface area (Å²) in [5, 5.41) is 0. The molecule has 1 aliphatic carbocycles. The van der Waals surface area contributed by atoms with Crippen LogP contribution in [0.4, 0.5) is 26.3 Å². The van der Waals surface area contributed by atoms with Crippen molar-refractivity contribution >= 4 is 12.0 Å². The second-order valence-corrected chi connectivity index (χ2v) is 8.65. The van der Waals surface area contributed by atoms with Gasteiger partial charge in [0.15, 0.2) is 0 Å². The summed E-state index contributed by atoms with van der Waals surface area (Å²) in [6, 6.07) is 4.95. The number of halogens is 6. The van der Waals surface area contributed by atoms with Gasteiger partial charge in [-0.3, -0.25) is 4.79 Å². The van der Waals surface area contributed by atoms with Crippen molar-refractivity contribution in [3.05, 3.63) is 59.4 Å². The Bertz CT molecular complexity index is 1010. The van der Waals surface area contributed by atoms with Gasteiger partial charge in [-0.15, -0.1) is 0 Å². The number of ether oxygens (including phenoxy) is 1. The topological polar surface area (TPSA) is 26.3 Å². The van der Waals surface area contributed by atoms with Crippen LogP contribution in [0.1, 0.15) is 45.1 Å². The predicted molar refractivity (Wildman–Crippen MR) is 113 cm³/mol. The number of carbonyl (C=O) groups excluding carboxylic acids is 1. The third-order valence-electron chi connectivity index (χ3n) is 6.04. The Kier molecular flexibility index (Phi) is 7.55. The largest absolute Gasteiger partial charge is 0.426 e. The molecular formula is C25H24F6O2. The highest BCUT2D eigenvalue weighted by Crippen LogP contribution is 2.35. The van der Waals surface area contributed by atoms with Crippen molar-refractivity contribution in [1.82, 2.24) is 0 Å². The van der Waals surface area contributed by atoms with Gasteiger partial charge in [-0.2, -0.15) is 13.2 Å². The van der Waals surface area contributed by atoms with E-state index >= 15 is 0 Å². The third kappa shape index (κ3) is 6.39. The number of esters is 1. The summed E-state index contributed by atoms with van der Waals surface area (Å²) in [4.78, 5) is 12.4. The van der Waals surface area contributed by atoms with Crippen molar-refractivity contribution in [3.63, 3.8) is 0 Å². The first kappa shape index (κ1) is 24.9. The molecule has 2 nitrogen and oxygen atoms in total. The van der Waals surface area contributed by atoms with Gasteiger partial charge in [0, 0.05) is 23.3 Å². The number of rotatable bonds is 5. The van der Waals surface area contributed by atoms with Crippen LogP contribution in [0.25, 0.3) is 17.2 Å². The average Bonchev–Trinajstić information content (AvgIpc) is 2.72. The zero-order valence-corrected chi connectivity index (χ0v) is 18.2. The highest BCUT2D eigenvalue weighted by atomic mass is 19.4. The molecule has 0 unspecified atom stereocenters. The Balaban J connectivity index is 1.73. The van der Waals surface area contributed by atoms with E-state index in [0.717, 1.165) is 31.0 Å². The first-order valence-corrected chi connectivity index (χ1v) is 10.7. The summed E-state index contributed by atoms with van der Waals surface area (Å²) in [5.74, 6) is -3.03. The summed E-state index contributed by atoms with van der Waals surface area (Å²) in [5.41, 5.74) is -1.26. The van der Waals surface area contributed by atoms with Crippen molar-refractivity contribution in [2.24, 2.45) is 17.8 Å². The number of allylic oxidation sites excluding steroid dienone is 1. The fourth-order valence-corrected chi connectivity index (χ4v) is 4.09. The first-order valence-electron chi connectivity index (χ1n) is 10.7. The smallest absolute Gasteiger partial charge is 0.409 e. The Morgan fingerprint density at radius 1 is 0.970 bits per heavy atom. The molecule has 1 fully saturated rings. The standard InChI is InChI=1S/C25H24F6O2/c1-14(2)15-3-5-16(6-4-15)24(32)33-18-7-8-19(23(28)13-18)17-11-21(26)20(22(27)12-17)9-10-25(29,30)31/h7-16H,3-6H2,1-2H3/b10-9+. The lowest BCUT2D eigenvalue weighted by Crippen LogP contribution is -2.27. The first-order chi connectivity index (χ1) is 15.4. The fraction of sp³-hybridized carbons (Fsp3) is 0.400. The Labute approximate surface area is 188 Å². The maximum atomic E-state index is 14.6. The minimum absolute atomic E-state index is 0.0297. The average molecular weight is 470 g/mol. The van der Waals surface area contributed by atoms with Gasteiger partial charge < -0.3 is 4.74 Å². The van der Waals surface area contributed by atoms with Crippen LogP contribution in [0.5, 0.6) is 5.75 Å². The van der Waals surface area contributed by atoms with Gasteiger partial charge in [-0.1, -0.05) is 13.8 Å². The van der Waals surface area contributed by atoms with Crippen LogP contribution in [0.15, 0.2) is 36.4 Å². The molecule has 0 aromatic heterocycles. The van der Waals surface area contributed by atoms with Gasteiger partial charge in [0.2, 0.25) is 0 Å². The molecule has 33 heavy (non-hydrogen) atoms. The third-order valence-corrected chi connectivity index (χ3v) is 6.04. The fourth-order valence-electron chi connectivity index (χ4n) is 4.09. The van der Waals surface area contributed by atoms with Gasteiger partial charge >= 0.3 is 12.1 Å². The van der Waals surface area contributed by atoms with Gasteiger partial charge in [-0.05, 0) is 73.4 Å². The SMILES string of the molecule is CC(C)C1CCC(C(=O)Oc2ccc(-c3cc(F)c(/C=C/C(F)(F)F)c(F)c3)c(F)c2)CC1. The normalized spacial score (nSPS) is 19.3. The second-order valence-electron chi connectivity index (χ2n) is 8.65. The molecule has 0 saturated heterocycles. The van der Waals surface area contributed by atoms with Crippen LogP contribution in [0.2, 0.25) is 0 Å². The van der Waals surface area contributed by atoms with Gasteiger partial charge in [-0.25, -0.2) is 13.2 Å². The molecule has 0 radical (unpaired) electrons. The van der Waals surface area contributed by atoms with E-state index < -0.39 is 35.2 Å². The van der Waals surface area contributed by atoms with E-state index in [9.17, 15) is 31.1 Å². The van der Waals surface area contributed by atoms with E-state index in [4.69, 9.17) is 4.74 Å². The molecular weight excluding hydrogens is 446 g/mol. The van der Waals surface area contributed by atoms with Gasteiger partial charge in [0.05, 0.1) is 5.92 Å². The minimum Gasteiger partial charge on any atom is -0.426 e. The van der Waals surface area contributed by atoms with E-state index in [2.05, 4.69) is 13.8 Å². The summed E-state index contributed by atoms with van der Waals surface area (Å²) in [6.07, 6.45) is -1.47. The second kappa shape index (κ2) is 10.0. The maximum absolute atomic E-state index is 14.6. The number of hydrogen-bond donors (Lipinski definition) is 0. The van der Waals surface area contributed by atoms with Crippen LogP contribution >= 0.6 is 0 Å². The summed E-state index contributed by atoms with van der Waals surface area (Å²) < 4.78 is 85.2. The van der Waals surface area contributed by atoms with Gasteiger partial charge in [0.25, 0.3) is 0 Å². The molecule has 178 valence electrons. The van der Waals surface area contributed by atoms with E-state index in [1.54, 1.807) is 0 Å². The molecule has 3 rings (SSSR count). The molecule has 0 N–H and O–H groups in total. The Morgan fingerprint density at radius 3 is 2.09 bits per heavy atom. The lowest BCUT2D eigenvalue weighted by molar-refractivity contribution is -0.140. The van der Waals surface area contributed by atoms with Crippen LogP contribution in [0, 0.1) is 35.2 Å². The Morgan fingerprint density at radius 2 is 1.58 bits per heavy atom. The highest BCUT2D eigenvalue weighted by Gasteiger charge is 2.29. The monoisotopic (exact) mass is 470 g/mol. The predicted octanol–water partition coefficient (Wildman–Crippen LogP) is 7.71. The van der Waals surface area contributed by atoms with E-state index in [-0.39, 0.29) is 34.9 Å². The molecule has 0 bridgehead atoms. The number of benzene rings is 2. The maximum Gasteiger partial charge on any atom is 0.409 e. The van der Waals surface area contributed by atoms with E-state index in [1.165, 1.54) is 12.1 Å². The van der Waals surface area contributed by atoms with Crippen molar-refractivity contribution in [2.45, 2.75) is 45.7 Å².